The number of azide groups is 1. The summed E-state index contributed by atoms with van der Waals surface area (Å²) in [7, 11) is 4.25. The van der Waals surface area contributed by atoms with Crippen molar-refractivity contribution in [2.24, 2.45) is 5.11 Å². The molecule has 0 bridgehead atoms. The minimum absolute atomic E-state index is 0.0378. The Morgan fingerprint density at radius 3 is 2.41 bits per heavy atom. The summed E-state index contributed by atoms with van der Waals surface area (Å²) in [5.41, 5.74) is 8.96. The van der Waals surface area contributed by atoms with E-state index in [9.17, 15) is 19.7 Å². The Labute approximate surface area is 192 Å². The van der Waals surface area contributed by atoms with Gasteiger partial charge in [-0.3, -0.25) is 19.7 Å². The number of methoxy groups -OCH3 is 3. The fraction of sp³-hybridized carbons (Fsp3) is 0.273. The van der Waals surface area contributed by atoms with E-state index in [-0.39, 0.29) is 52.2 Å². The lowest BCUT2D eigenvalue weighted by Crippen LogP contribution is -2.24. The average Bonchev–Trinajstić information content (AvgIpc) is 3.13. The molecule has 12 heteroatoms. The number of ether oxygens (including phenoxy) is 3. The molecule has 174 valence electrons. The molecule has 12 nitrogen and oxygen atoms in total. The van der Waals surface area contributed by atoms with Crippen molar-refractivity contribution < 1.29 is 23.9 Å². The standard InChI is InChI=1S/C22H19N5O7/c1-32-15-10-14-17(21(34-3)20(15)33-2)19(28)16-12-6-5-11(27(30)31)9-13(12)22(29)26(18(14)16)8-4-7-24-25-23/h5-6,9-10H,4,7-8H2,1-3H3. The van der Waals surface area contributed by atoms with Crippen LogP contribution in [0.4, 0.5) is 5.69 Å². The van der Waals surface area contributed by atoms with E-state index in [0.29, 0.717) is 23.4 Å². The number of rotatable bonds is 8. The molecule has 0 amide bonds. The predicted octanol–water partition coefficient (Wildman–Crippen LogP) is 3.85. The van der Waals surface area contributed by atoms with Gasteiger partial charge in [0, 0.05) is 41.1 Å². The van der Waals surface area contributed by atoms with Crippen LogP contribution in [0.25, 0.3) is 32.5 Å². The first-order valence-electron chi connectivity index (χ1n) is 10.1. The van der Waals surface area contributed by atoms with Gasteiger partial charge in [0.1, 0.15) is 0 Å². The van der Waals surface area contributed by atoms with Crippen LogP contribution in [0.5, 0.6) is 17.2 Å². The monoisotopic (exact) mass is 465 g/mol. The molecule has 0 spiro atoms. The van der Waals surface area contributed by atoms with E-state index in [0.717, 1.165) is 6.07 Å². The Hall–Kier alpha value is -4.57. The summed E-state index contributed by atoms with van der Waals surface area (Å²) in [4.78, 5) is 40.7. The molecule has 1 heterocycles. The average molecular weight is 465 g/mol. The van der Waals surface area contributed by atoms with Gasteiger partial charge in [-0.05, 0) is 24.1 Å². The quantitative estimate of drug-likeness (QED) is 0.0954. The fourth-order valence-electron chi connectivity index (χ4n) is 4.31. The molecule has 1 aliphatic rings. The lowest BCUT2D eigenvalue weighted by Gasteiger charge is -2.17. The van der Waals surface area contributed by atoms with E-state index in [1.165, 1.54) is 38.0 Å². The summed E-state index contributed by atoms with van der Waals surface area (Å²) in [6.07, 6.45) is 0.310. The highest BCUT2D eigenvalue weighted by Gasteiger charge is 2.38. The second-order valence-electron chi connectivity index (χ2n) is 7.37. The predicted molar refractivity (Wildman–Crippen MR) is 122 cm³/mol. The Bertz CT molecular complexity index is 1470. The van der Waals surface area contributed by atoms with E-state index >= 15 is 0 Å². The second kappa shape index (κ2) is 8.75. The highest BCUT2D eigenvalue weighted by molar-refractivity contribution is 6.28. The minimum Gasteiger partial charge on any atom is -0.493 e. The van der Waals surface area contributed by atoms with E-state index in [1.807, 2.05) is 0 Å². The van der Waals surface area contributed by atoms with Gasteiger partial charge in [0.2, 0.25) is 5.75 Å². The van der Waals surface area contributed by atoms with Gasteiger partial charge in [-0.25, -0.2) is 0 Å². The van der Waals surface area contributed by atoms with Crippen molar-refractivity contribution in [2.75, 3.05) is 27.9 Å². The number of pyridine rings is 1. The van der Waals surface area contributed by atoms with Gasteiger partial charge < -0.3 is 18.8 Å². The van der Waals surface area contributed by atoms with Crippen LogP contribution in [0, 0.1) is 10.1 Å². The van der Waals surface area contributed by atoms with E-state index in [1.54, 1.807) is 6.07 Å². The van der Waals surface area contributed by atoms with Gasteiger partial charge in [0.25, 0.3) is 11.2 Å². The lowest BCUT2D eigenvalue weighted by atomic mass is 10.0. The number of fused-ring (bicyclic) bond motifs is 5. The molecule has 0 saturated carbocycles. The molecule has 0 N–H and O–H groups in total. The molecule has 0 aliphatic heterocycles. The zero-order chi connectivity index (χ0) is 24.6. The molecular weight excluding hydrogens is 446 g/mol. The number of carbonyl (C=O) groups is 1. The number of nitro benzene ring substituents is 1. The van der Waals surface area contributed by atoms with Gasteiger partial charge in [-0.15, -0.1) is 0 Å². The number of hydrogen-bond donors (Lipinski definition) is 0. The molecule has 0 unspecified atom stereocenters. The van der Waals surface area contributed by atoms with Crippen molar-refractivity contribution in [3.63, 3.8) is 0 Å². The molecule has 0 saturated heterocycles. The van der Waals surface area contributed by atoms with E-state index in [2.05, 4.69) is 10.0 Å². The third-order valence-electron chi connectivity index (χ3n) is 5.71. The first-order valence-corrected chi connectivity index (χ1v) is 10.1. The van der Waals surface area contributed by atoms with Crippen molar-refractivity contribution in [3.8, 4) is 28.5 Å². The Morgan fingerprint density at radius 2 is 1.79 bits per heavy atom. The molecule has 0 radical (unpaired) electrons. The summed E-state index contributed by atoms with van der Waals surface area (Å²) < 4.78 is 17.7. The van der Waals surface area contributed by atoms with Gasteiger partial charge in [-0.2, -0.15) is 0 Å². The zero-order valence-electron chi connectivity index (χ0n) is 18.5. The Morgan fingerprint density at radius 1 is 1.06 bits per heavy atom. The molecule has 4 rings (SSSR count). The van der Waals surface area contributed by atoms with Crippen LogP contribution in [-0.2, 0) is 6.54 Å². The van der Waals surface area contributed by atoms with Crippen molar-refractivity contribution in [1.29, 1.82) is 0 Å². The Kier molecular flexibility index (Phi) is 5.82. The number of ketones is 1. The number of nitro groups is 1. The maximum absolute atomic E-state index is 13.7. The second-order valence-corrected chi connectivity index (χ2v) is 7.37. The van der Waals surface area contributed by atoms with Crippen LogP contribution in [0.3, 0.4) is 0 Å². The summed E-state index contributed by atoms with van der Waals surface area (Å²) in [6.45, 7) is 0.239. The third kappa shape index (κ3) is 3.28. The molecule has 1 aliphatic carbocycles. The van der Waals surface area contributed by atoms with Crippen LogP contribution < -0.4 is 19.8 Å². The van der Waals surface area contributed by atoms with Crippen LogP contribution in [0.15, 0.2) is 34.2 Å². The highest BCUT2D eigenvalue weighted by Crippen LogP contribution is 2.51. The van der Waals surface area contributed by atoms with Crippen LogP contribution in [-0.4, -0.2) is 43.1 Å². The number of carbonyl (C=O) groups excluding carboxylic acids is 1. The first kappa shape index (κ1) is 22.6. The lowest BCUT2D eigenvalue weighted by molar-refractivity contribution is -0.384. The molecule has 2 aromatic carbocycles. The molecule has 0 fully saturated rings. The third-order valence-corrected chi connectivity index (χ3v) is 5.71. The molecule has 0 atom stereocenters. The largest absolute Gasteiger partial charge is 0.493 e. The SMILES string of the molecule is COc1cc2c(c(OC)c1OC)C(=O)c1c-2n(CCCN=[N+]=[N-])c(=O)c2cc([N+](=O)[O-])ccc12. The highest BCUT2D eigenvalue weighted by atomic mass is 16.6. The number of nitrogens with zero attached hydrogens (tertiary/aromatic N) is 5. The van der Waals surface area contributed by atoms with Gasteiger partial charge in [0.15, 0.2) is 17.3 Å². The maximum atomic E-state index is 13.7. The summed E-state index contributed by atoms with van der Waals surface area (Å²) in [6, 6.07) is 5.42. The molecule has 1 aromatic heterocycles. The van der Waals surface area contributed by atoms with E-state index < -0.39 is 16.3 Å². The fourth-order valence-corrected chi connectivity index (χ4v) is 4.31. The Balaban J connectivity index is 2.12. The smallest absolute Gasteiger partial charge is 0.270 e. The van der Waals surface area contributed by atoms with Gasteiger partial charge >= 0.3 is 0 Å². The van der Waals surface area contributed by atoms with Crippen molar-refractivity contribution in [2.45, 2.75) is 13.0 Å². The van der Waals surface area contributed by atoms with Crippen molar-refractivity contribution >= 4 is 22.2 Å². The van der Waals surface area contributed by atoms with Gasteiger partial charge in [-0.1, -0.05) is 5.11 Å². The summed E-state index contributed by atoms with van der Waals surface area (Å²) in [5, 5.41) is 15.2. The molecule has 34 heavy (non-hydrogen) atoms. The number of hydrogen-bond acceptors (Lipinski definition) is 8. The zero-order valence-corrected chi connectivity index (χ0v) is 18.5. The van der Waals surface area contributed by atoms with Crippen LogP contribution in [0.1, 0.15) is 22.3 Å². The number of benzene rings is 2. The summed E-state index contributed by atoms with van der Waals surface area (Å²) in [5.74, 6) is 0.268. The normalized spacial score (nSPS) is 11.6. The van der Waals surface area contributed by atoms with E-state index in [4.69, 9.17) is 19.7 Å². The number of non-ortho nitro benzene ring substituents is 1. The number of aromatic nitrogens is 1. The van der Waals surface area contributed by atoms with Crippen LogP contribution >= 0.6 is 0 Å². The first-order chi connectivity index (χ1) is 16.4. The van der Waals surface area contributed by atoms with Crippen LogP contribution in [0.2, 0.25) is 0 Å². The van der Waals surface area contributed by atoms with Gasteiger partial charge in [0.05, 0.1) is 48.5 Å². The minimum atomic E-state index is -0.604. The van der Waals surface area contributed by atoms with Crippen molar-refractivity contribution in [3.05, 3.63) is 66.3 Å². The maximum Gasteiger partial charge on any atom is 0.270 e. The summed E-state index contributed by atoms with van der Waals surface area (Å²) >= 11 is 0. The molecule has 3 aromatic rings. The van der Waals surface area contributed by atoms with Crippen molar-refractivity contribution in [1.82, 2.24) is 4.57 Å². The molecular formula is C22H19N5O7. The topological polar surface area (TPSA) is 159 Å².